The van der Waals surface area contributed by atoms with E-state index >= 15 is 0 Å². The zero-order chi connectivity index (χ0) is 21.6. The maximum absolute atomic E-state index is 12.1. The van der Waals surface area contributed by atoms with Crippen molar-refractivity contribution in [3.63, 3.8) is 0 Å². The van der Waals surface area contributed by atoms with E-state index in [2.05, 4.69) is 48.2 Å². The fraction of sp³-hybridized carbons (Fsp3) is 0.440. The molecule has 0 saturated carbocycles. The minimum atomic E-state index is -1.84. The highest BCUT2D eigenvalue weighted by molar-refractivity contribution is 6.71. The molecule has 5 heteroatoms. The molecule has 0 N–H and O–H groups in total. The van der Waals surface area contributed by atoms with E-state index in [0.29, 0.717) is 12.8 Å². The largest absolute Gasteiger partial charge is 0.520 e. The van der Waals surface area contributed by atoms with E-state index in [4.69, 9.17) is 9.41 Å². The number of aromatic nitrogens is 1. The van der Waals surface area contributed by atoms with Gasteiger partial charge in [-0.1, -0.05) is 42.0 Å². The molecule has 2 aromatic rings. The number of pyridine rings is 1. The normalized spacial score (nSPS) is 15.4. The highest BCUT2D eigenvalue weighted by Gasteiger charge is 2.20. The maximum Gasteiger partial charge on any atom is 0.292 e. The van der Waals surface area contributed by atoms with E-state index in [1.54, 1.807) is 0 Å². The van der Waals surface area contributed by atoms with E-state index in [1.807, 2.05) is 31.8 Å². The van der Waals surface area contributed by atoms with Gasteiger partial charge in [0.2, 0.25) is 8.32 Å². The summed E-state index contributed by atoms with van der Waals surface area (Å²) >= 11 is 0. The number of carbonyl (C=O) groups is 1. The summed E-state index contributed by atoms with van der Waals surface area (Å²) in [7, 11) is -1.84. The van der Waals surface area contributed by atoms with Crippen molar-refractivity contribution in [1.29, 1.82) is 0 Å². The van der Waals surface area contributed by atoms with E-state index in [-0.39, 0.29) is 5.97 Å². The first-order chi connectivity index (χ1) is 14.3. The summed E-state index contributed by atoms with van der Waals surface area (Å²) in [5.41, 5.74) is 5.49. The molecule has 0 unspecified atom stereocenters. The van der Waals surface area contributed by atoms with Crippen LogP contribution < -0.4 is 0 Å². The van der Waals surface area contributed by atoms with Gasteiger partial charge in [-0.2, -0.15) is 0 Å². The van der Waals surface area contributed by atoms with Crippen LogP contribution in [0.4, 0.5) is 0 Å². The lowest BCUT2D eigenvalue weighted by Gasteiger charge is -2.17. The molecule has 160 valence electrons. The zero-order valence-electron chi connectivity index (χ0n) is 18.8. The van der Waals surface area contributed by atoms with Crippen LogP contribution in [0.25, 0.3) is 5.57 Å². The van der Waals surface area contributed by atoms with E-state index < -0.39 is 8.32 Å². The predicted octanol–water partition coefficient (Wildman–Crippen LogP) is 5.23. The Balaban J connectivity index is 1.79. The Labute approximate surface area is 182 Å². The second-order valence-corrected chi connectivity index (χ2v) is 13.5. The third-order valence-electron chi connectivity index (χ3n) is 5.20. The van der Waals surface area contributed by atoms with Crippen molar-refractivity contribution in [1.82, 2.24) is 9.88 Å². The minimum Gasteiger partial charge on any atom is -0.520 e. The number of likely N-dealkylation sites (tertiary alicyclic amines) is 1. The quantitative estimate of drug-likeness (QED) is 0.547. The zero-order valence-corrected chi connectivity index (χ0v) is 19.8. The summed E-state index contributed by atoms with van der Waals surface area (Å²) in [5.74, 6) is -0.121. The Kier molecular flexibility index (Phi) is 7.62. The number of benzene rings is 1. The van der Waals surface area contributed by atoms with Gasteiger partial charge in [0.1, 0.15) is 0 Å². The molecule has 4 nitrogen and oxygen atoms in total. The fourth-order valence-corrected chi connectivity index (χ4v) is 4.47. The molecule has 0 amide bonds. The Hall–Kier alpha value is -2.24. The lowest BCUT2D eigenvalue weighted by Crippen LogP contribution is -2.29. The minimum absolute atomic E-state index is 0.121. The summed E-state index contributed by atoms with van der Waals surface area (Å²) in [6.45, 7) is 11.5. The van der Waals surface area contributed by atoms with Gasteiger partial charge < -0.3 is 4.43 Å². The van der Waals surface area contributed by atoms with Crippen molar-refractivity contribution >= 4 is 19.9 Å². The molecule has 1 aromatic carbocycles. The van der Waals surface area contributed by atoms with Crippen LogP contribution in [-0.4, -0.2) is 43.8 Å². The lowest BCUT2D eigenvalue weighted by atomic mass is 10.00. The molecule has 0 aliphatic carbocycles. The highest BCUT2D eigenvalue weighted by Crippen LogP contribution is 2.24. The van der Waals surface area contributed by atoms with Gasteiger partial charge in [-0.15, -0.1) is 0 Å². The molecule has 1 saturated heterocycles. The molecule has 1 aliphatic rings. The monoisotopic (exact) mass is 422 g/mol. The Morgan fingerprint density at radius 2 is 1.80 bits per heavy atom. The molecule has 0 atom stereocenters. The predicted molar refractivity (Wildman–Crippen MR) is 126 cm³/mol. The van der Waals surface area contributed by atoms with Gasteiger partial charge in [0.15, 0.2) is 0 Å². The van der Waals surface area contributed by atoms with Crippen molar-refractivity contribution in [2.75, 3.05) is 19.6 Å². The van der Waals surface area contributed by atoms with Crippen LogP contribution >= 0.6 is 0 Å². The third-order valence-corrected chi connectivity index (χ3v) is 6.04. The van der Waals surface area contributed by atoms with Gasteiger partial charge >= 0.3 is 0 Å². The first kappa shape index (κ1) is 22.4. The number of aryl methyl sites for hydroxylation is 2. The summed E-state index contributed by atoms with van der Waals surface area (Å²) < 4.78 is 5.57. The number of rotatable bonds is 8. The lowest BCUT2D eigenvalue weighted by molar-refractivity contribution is -0.135. The second-order valence-electron chi connectivity index (χ2n) is 9.09. The summed E-state index contributed by atoms with van der Waals surface area (Å²) in [5, 5.41) is 0. The summed E-state index contributed by atoms with van der Waals surface area (Å²) in [4.78, 5) is 19.5. The first-order valence-electron chi connectivity index (χ1n) is 11.0. The summed E-state index contributed by atoms with van der Waals surface area (Å²) in [6, 6.07) is 14.7. The molecular weight excluding hydrogens is 388 g/mol. The molecule has 1 aromatic heterocycles. The molecule has 0 spiro atoms. The van der Waals surface area contributed by atoms with Crippen molar-refractivity contribution < 1.29 is 9.22 Å². The third kappa shape index (κ3) is 6.92. The van der Waals surface area contributed by atoms with E-state index in [1.165, 1.54) is 37.1 Å². The van der Waals surface area contributed by atoms with Gasteiger partial charge in [-0.25, -0.2) is 0 Å². The average molecular weight is 423 g/mol. The van der Waals surface area contributed by atoms with Gasteiger partial charge in [-0.3, -0.25) is 14.7 Å². The fourth-order valence-electron chi connectivity index (χ4n) is 3.68. The van der Waals surface area contributed by atoms with E-state index in [9.17, 15) is 4.79 Å². The van der Waals surface area contributed by atoms with Crippen LogP contribution in [0.15, 0.2) is 48.5 Å². The second kappa shape index (κ2) is 10.2. The van der Waals surface area contributed by atoms with Crippen LogP contribution in [0, 0.1) is 6.92 Å². The Bertz CT molecular complexity index is 879. The smallest absolute Gasteiger partial charge is 0.292 e. The Morgan fingerprint density at radius 1 is 1.10 bits per heavy atom. The van der Waals surface area contributed by atoms with Gasteiger partial charge in [0, 0.05) is 30.7 Å². The SMILES string of the molecule is Cc1ccc(/C(=C\CN2CCCC2)c2cccc(CCC(=O)O[Si](C)(C)C)n2)cc1. The molecule has 0 radical (unpaired) electrons. The van der Waals surface area contributed by atoms with Crippen LogP contribution in [0.2, 0.25) is 19.6 Å². The topological polar surface area (TPSA) is 42.4 Å². The standard InChI is InChI=1S/C25H34N2O2Si/c1-20-10-12-21(13-11-20)23(16-19-27-17-5-6-18-27)24-9-7-8-22(26-24)14-15-25(28)29-30(2,3)4/h7-13,16H,5-6,14-15,17-19H2,1-4H3/b23-16+. The van der Waals surface area contributed by atoms with Crippen molar-refractivity contribution in [2.45, 2.75) is 52.2 Å². The Morgan fingerprint density at radius 3 is 2.47 bits per heavy atom. The van der Waals surface area contributed by atoms with Gasteiger partial charge in [0.25, 0.3) is 5.97 Å². The summed E-state index contributed by atoms with van der Waals surface area (Å²) in [6.07, 6.45) is 5.86. The molecule has 1 fully saturated rings. The molecular formula is C25H34N2O2Si. The van der Waals surface area contributed by atoms with E-state index in [0.717, 1.165) is 23.5 Å². The first-order valence-corrected chi connectivity index (χ1v) is 14.4. The molecule has 0 bridgehead atoms. The van der Waals surface area contributed by atoms with Crippen molar-refractivity contribution in [3.8, 4) is 0 Å². The van der Waals surface area contributed by atoms with Crippen LogP contribution in [0.3, 0.4) is 0 Å². The molecule has 3 rings (SSSR count). The number of carbonyl (C=O) groups excluding carboxylic acids is 1. The van der Waals surface area contributed by atoms with Crippen LogP contribution in [-0.2, 0) is 15.6 Å². The van der Waals surface area contributed by atoms with Crippen molar-refractivity contribution in [2.24, 2.45) is 0 Å². The molecule has 2 heterocycles. The van der Waals surface area contributed by atoms with Crippen LogP contribution in [0.1, 0.15) is 41.8 Å². The maximum atomic E-state index is 12.1. The molecule has 1 aliphatic heterocycles. The number of nitrogens with zero attached hydrogens (tertiary/aromatic N) is 2. The van der Waals surface area contributed by atoms with Crippen LogP contribution in [0.5, 0.6) is 0 Å². The number of hydrogen-bond donors (Lipinski definition) is 0. The van der Waals surface area contributed by atoms with Gasteiger partial charge in [-0.05, 0) is 70.2 Å². The molecule has 30 heavy (non-hydrogen) atoms. The highest BCUT2D eigenvalue weighted by atomic mass is 28.4. The van der Waals surface area contributed by atoms with Crippen molar-refractivity contribution in [3.05, 3.63) is 71.1 Å². The van der Waals surface area contributed by atoms with Gasteiger partial charge in [0.05, 0.1) is 5.69 Å². The average Bonchev–Trinajstić information content (AvgIpc) is 3.21. The number of hydrogen-bond acceptors (Lipinski definition) is 4.